The SMILES string of the molecule is [c]1ccc(Nc2cc[nH]n2)cc1. The summed E-state index contributed by atoms with van der Waals surface area (Å²) in [4.78, 5) is 0. The Hall–Kier alpha value is -1.77. The minimum Gasteiger partial charge on any atom is -0.339 e. The maximum atomic E-state index is 3.97. The molecule has 12 heavy (non-hydrogen) atoms. The third-order valence-electron chi connectivity index (χ3n) is 1.49. The molecule has 0 aliphatic rings. The van der Waals surface area contributed by atoms with Gasteiger partial charge in [0.15, 0.2) is 5.82 Å². The van der Waals surface area contributed by atoms with Gasteiger partial charge in [0.1, 0.15) is 0 Å². The van der Waals surface area contributed by atoms with E-state index in [1.807, 2.05) is 30.3 Å². The van der Waals surface area contributed by atoms with Crippen LogP contribution in [-0.2, 0) is 0 Å². The van der Waals surface area contributed by atoms with Crippen molar-refractivity contribution < 1.29 is 0 Å². The van der Waals surface area contributed by atoms with E-state index in [4.69, 9.17) is 0 Å². The van der Waals surface area contributed by atoms with E-state index in [9.17, 15) is 0 Å². The number of nitrogens with one attached hydrogen (secondary N) is 2. The quantitative estimate of drug-likeness (QED) is 0.701. The van der Waals surface area contributed by atoms with Crippen molar-refractivity contribution in [2.45, 2.75) is 0 Å². The fourth-order valence-electron chi connectivity index (χ4n) is 0.948. The topological polar surface area (TPSA) is 40.7 Å². The van der Waals surface area contributed by atoms with Crippen LogP contribution < -0.4 is 5.32 Å². The third kappa shape index (κ3) is 1.45. The first kappa shape index (κ1) is 6.91. The van der Waals surface area contributed by atoms with Gasteiger partial charge in [-0.3, -0.25) is 5.10 Å². The van der Waals surface area contributed by atoms with E-state index < -0.39 is 0 Å². The van der Waals surface area contributed by atoms with Crippen LogP contribution in [0.2, 0.25) is 0 Å². The predicted molar refractivity (Wildman–Crippen MR) is 47.1 cm³/mol. The summed E-state index contributed by atoms with van der Waals surface area (Å²) in [7, 11) is 0. The van der Waals surface area contributed by atoms with Gasteiger partial charge in [0.05, 0.1) is 0 Å². The summed E-state index contributed by atoms with van der Waals surface area (Å²) in [5.74, 6) is 0.821. The minimum atomic E-state index is 0.821. The number of hydrogen-bond acceptors (Lipinski definition) is 2. The summed E-state index contributed by atoms with van der Waals surface area (Å²) >= 11 is 0. The lowest BCUT2D eigenvalue weighted by Crippen LogP contribution is -1.89. The van der Waals surface area contributed by atoms with Crippen molar-refractivity contribution in [1.29, 1.82) is 0 Å². The number of nitrogens with zero attached hydrogens (tertiary/aromatic N) is 1. The first-order chi connectivity index (χ1) is 5.95. The Balaban J connectivity index is 2.15. The van der Waals surface area contributed by atoms with Crippen molar-refractivity contribution in [2.24, 2.45) is 0 Å². The fraction of sp³-hybridized carbons (Fsp3) is 0. The molecule has 0 fully saturated rings. The lowest BCUT2D eigenvalue weighted by molar-refractivity contribution is 1.09. The predicted octanol–water partition coefficient (Wildman–Crippen LogP) is 1.95. The first-order valence-corrected chi connectivity index (χ1v) is 3.68. The minimum absolute atomic E-state index is 0.821. The highest BCUT2D eigenvalue weighted by Crippen LogP contribution is 2.11. The van der Waals surface area contributed by atoms with Crippen LogP contribution in [0.3, 0.4) is 0 Å². The normalized spacial score (nSPS) is 9.67. The molecule has 0 atom stereocenters. The van der Waals surface area contributed by atoms with Gasteiger partial charge in [0.2, 0.25) is 0 Å². The van der Waals surface area contributed by atoms with E-state index in [0.717, 1.165) is 11.5 Å². The summed E-state index contributed by atoms with van der Waals surface area (Å²) in [5, 5.41) is 9.82. The van der Waals surface area contributed by atoms with Crippen LogP contribution in [0.1, 0.15) is 0 Å². The van der Waals surface area contributed by atoms with Crippen LogP contribution in [-0.4, -0.2) is 10.2 Å². The highest BCUT2D eigenvalue weighted by molar-refractivity contribution is 5.54. The van der Waals surface area contributed by atoms with E-state index in [2.05, 4.69) is 21.6 Å². The molecule has 0 saturated carbocycles. The zero-order chi connectivity index (χ0) is 8.23. The average Bonchev–Trinajstić information content (AvgIpc) is 2.59. The lowest BCUT2D eigenvalue weighted by atomic mass is 10.3. The molecule has 0 amide bonds. The number of H-pyrrole nitrogens is 1. The van der Waals surface area contributed by atoms with Gasteiger partial charge in [0, 0.05) is 18.0 Å². The molecule has 0 saturated heterocycles. The molecule has 0 aliphatic heterocycles. The lowest BCUT2D eigenvalue weighted by Gasteiger charge is -1.99. The number of benzene rings is 1. The molecule has 0 spiro atoms. The maximum Gasteiger partial charge on any atom is 0.152 e. The molecular formula is C9H8N3. The van der Waals surface area contributed by atoms with Crippen LogP contribution in [0, 0.1) is 6.07 Å². The third-order valence-corrected chi connectivity index (χ3v) is 1.49. The second kappa shape index (κ2) is 3.09. The number of anilines is 2. The number of aromatic amines is 1. The Bertz CT molecular complexity index is 326. The second-order valence-electron chi connectivity index (χ2n) is 2.37. The molecule has 59 valence electrons. The van der Waals surface area contributed by atoms with Gasteiger partial charge in [-0.15, -0.1) is 0 Å². The molecule has 2 rings (SSSR count). The average molecular weight is 158 g/mol. The Morgan fingerprint density at radius 3 is 2.75 bits per heavy atom. The van der Waals surface area contributed by atoms with E-state index >= 15 is 0 Å². The molecule has 3 nitrogen and oxygen atoms in total. The highest BCUT2D eigenvalue weighted by Gasteiger charge is 1.92. The molecule has 1 aromatic heterocycles. The smallest absolute Gasteiger partial charge is 0.152 e. The van der Waals surface area contributed by atoms with Gasteiger partial charge in [0.25, 0.3) is 0 Å². The molecule has 0 aliphatic carbocycles. The summed E-state index contributed by atoms with van der Waals surface area (Å²) in [6.07, 6.45) is 1.78. The van der Waals surface area contributed by atoms with E-state index in [-0.39, 0.29) is 0 Å². The van der Waals surface area contributed by atoms with Gasteiger partial charge < -0.3 is 5.32 Å². The molecule has 1 radical (unpaired) electrons. The molecule has 2 N–H and O–H groups in total. The van der Waals surface area contributed by atoms with Crippen LogP contribution in [0.15, 0.2) is 36.5 Å². The van der Waals surface area contributed by atoms with Gasteiger partial charge in [-0.1, -0.05) is 12.1 Å². The van der Waals surface area contributed by atoms with E-state index in [1.165, 1.54) is 0 Å². The number of aromatic nitrogens is 2. The molecule has 1 heterocycles. The van der Waals surface area contributed by atoms with Crippen molar-refractivity contribution in [2.75, 3.05) is 5.32 Å². The monoisotopic (exact) mass is 158 g/mol. The number of rotatable bonds is 2. The summed E-state index contributed by atoms with van der Waals surface area (Å²) in [6.45, 7) is 0. The Morgan fingerprint density at radius 2 is 2.08 bits per heavy atom. The fourth-order valence-corrected chi connectivity index (χ4v) is 0.948. The molecule has 1 aromatic carbocycles. The van der Waals surface area contributed by atoms with Crippen molar-refractivity contribution >= 4 is 11.5 Å². The number of hydrogen-bond donors (Lipinski definition) is 2. The maximum absolute atomic E-state index is 3.97. The van der Waals surface area contributed by atoms with E-state index in [1.54, 1.807) is 6.20 Å². The standard InChI is InChI=1S/C9H8N3/c1-2-4-8(5-3-1)11-9-6-7-10-12-9/h2-7H,(H2,10,11,12). The zero-order valence-corrected chi connectivity index (χ0v) is 6.41. The Kier molecular flexibility index (Phi) is 1.78. The van der Waals surface area contributed by atoms with Gasteiger partial charge in [-0.2, -0.15) is 5.10 Å². The van der Waals surface area contributed by atoms with Crippen molar-refractivity contribution in [3.05, 3.63) is 42.6 Å². The molecule has 2 aromatic rings. The molecule has 0 unspecified atom stereocenters. The molecule has 3 heteroatoms. The summed E-state index contributed by atoms with van der Waals surface area (Å²) in [6, 6.07) is 12.4. The first-order valence-electron chi connectivity index (χ1n) is 3.68. The summed E-state index contributed by atoms with van der Waals surface area (Å²) < 4.78 is 0. The van der Waals surface area contributed by atoms with Gasteiger partial charge >= 0.3 is 0 Å². The Morgan fingerprint density at radius 1 is 1.25 bits per heavy atom. The van der Waals surface area contributed by atoms with Crippen molar-refractivity contribution in [3.63, 3.8) is 0 Å². The largest absolute Gasteiger partial charge is 0.339 e. The van der Waals surface area contributed by atoms with Crippen molar-refractivity contribution in [1.82, 2.24) is 10.2 Å². The molecule has 0 bridgehead atoms. The Labute approximate surface area is 70.4 Å². The van der Waals surface area contributed by atoms with Crippen LogP contribution in [0.5, 0.6) is 0 Å². The van der Waals surface area contributed by atoms with Gasteiger partial charge in [-0.25, -0.2) is 0 Å². The van der Waals surface area contributed by atoms with Crippen LogP contribution in [0.25, 0.3) is 0 Å². The van der Waals surface area contributed by atoms with E-state index in [0.29, 0.717) is 0 Å². The summed E-state index contributed by atoms with van der Waals surface area (Å²) in [5.41, 5.74) is 1.01. The van der Waals surface area contributed by atoms with Crippen molar-refractivity contribution in [3.8, 4) is 0 Å². The molecular weight excluding hydrogens is 150 g/mol. The van der Waals surface area contributed by atoms with Gasteiger partial charge in [-0.05, 0) is 18.2 Å². The zero-order valence-electron chi connectivity index (χ0n) is 6.41. The highest BCUT2D eigenvalue weighted by atomic mass is 15.2. The van der Waals surface area contributed by atoms with Crippen LogP contribution >= 0.6 is 0 Å². The van der Waals surface area contributed by atoms with Crippen LogP contribution in [0.4, 0.5) is 11.5 Å². The second-order valence-corrected chi connectivity index (χ2v) is 2.37.